The largest absolute Gasteiger partial charge is 0.351 e. The molecule has 1 aromatic rings. The summed E-state index contributed by atoms with van der Waals surface area (Å²) in [5.74, 6) is 0.0359. The first-order valence-corrected chi connectivity index (χ1v) is 5.87. The van der Waals surface area contributed by atoms with Crippen LogP contribution in [-0.2, 0) is 18.4 Å². The summed E-state index contributed by atoms with van der Waals surface area (Å²) in [5.41, 5.74) is 8.86. The number of amides is 1. The predicted octanol–water partition coefficient (Wildman–Crippen LogP) is 1.06. The Kier molecular flexibility index (Phi) is 6.35. The van der Waals surface area contributed by atoms with Crippen molar-refractivity contribution in [1.29, 1.82) is 0 Å². The van der Waals surface area contributed by atoms with Crippen molar-refractivity contribution in [2.24, 2.45) is 18.7 Å². The molecular weight excluding hydrogens is 252 g/mol. The van der Waals surface area contributed by atoms with Gasteiger partial charge in [0.2, 0.25) is 5.91 Å². The Hall–Kier alpha value is -1.07. The van der Waals surface area contributed by atoms with E-state index in [1.807, 2.05) is 39.4 Å². The number of carbonyl (C=O) groups is 1. The molecule has 1 unspecified atom stereocenters. The van der Waals surface area contributed by atoms with Gasteiger partial charge in [0.15, 0.2) is 0 Å². The van der Waals surface area contributed by atoms with Gasteiger partial charge in [-0.2, -0.15) is 5.10 Å². The second kappa shape index (κ2) is 6.75. The average molecular weight is 275 g/mol. The van der Waals surface area contributed by atoms with Crippen LogP contribution in [-0.4, -0.2) is 21.7 Å². The van der Waals surface area contributed by atoms with Crippen LogP contribution in [0.5, 0.6) is 0 Å². The first kappa shape index (κ1) is 16.9. The van der Waals surface area contributed by atoms with Crippen molar-refractivity contribution < 1.29 is 4.79 Å². The van der Waals surface area contributed by atoms with Crippen LogP contribution in [0.1, 0.15) is 30.8 Å². The minimum atomic E-state index is -0.452. The fourth-order valence-corrected chi connectivity index (χ4v) is 1.67. The van der Waals surface area contributed by atoms with E-state index in [0.717, 1.165) is 17.0 Å². The van der Waals surface area contributed by atoms with E-state index in [9.17, 15) is 4.79 Å². The third kappa shape index (κ3) is 3.71. The lowest BCUT2D eigenvalue weighted by Crippen LogP contribution is -2.43. The van der Waals surface area contributed by atoms with Crippen molar-refractivity contribution >= 4 is 18.3 Å². The first-order chi connectivity index (χ1) is 7.84. The molecule has 0 saturated carbocycles. The van der Waals surface area contributed by atoms with Crippen molar-refractivity contribution in [2.45, 2.75) is 40.3 Å². The summed E-state index contributed by atoms with van der Waals surface area (Å²) < 4.78 is 1.82. The van der Waals surface area contributed by atoms with Gasteiger partial charge >= 0.3 is 0 Å². The SMILES string of the molecule is Cc1nn(C)c(C)c1CNC(=O)C(N)C(C)C.Cl. The van der Waals surface area contributed by atoms with E-state index in [-0.39, 0.29) is 24.2 Å². The maximum atomic E-state index is 11.7. The topological polar surface area (TPSA) is 72.9 Å². The fourth-order valence-electron chi connectivity index (χ4n) is 1.67. The predicted molar refractivity (Wildman–Crippen MR) is 74.6 cm³/mol. The minimum absolute atomic E-state index is 0. The standard InChI is InChI=1S/C12H22N4O.ClH/c1-7(2)11(13)12(17)14-6-10-8(3)15-16(5)9(10)4;/h7,11H,6,13H2,1-5H3,(H,14,17);1H. The molecule has 6 heteroatoms. The molecule has 1 amide bonds. The van der Waals surface area contributed by atoms with Crippen LogP contribution in [0.3, 0.4) is 0 Å². The zero-order valence-electron chi connectivity index (χ0n) is 11.7. The Labute approximate surface area is 115 Å². The van der Waals surface area contributed by atoms with E-state index in [1.165, 1.54) is 0 Å². The summed E-state index contributed by atoms with van der Waals surface area (Å²) in [6.07, 6.45) is 0. The fraction of sp³-hybridized carbons (Fsp3) is 0.667. The van der Waals surface area contributed by atoms with Gasteiger partial charge in [0, 0.05) is 24.8 Å². The molecule has 0 aliphatic heterocycles. The van der Waals surface area contributed by atoms with Gasteiger partial charge < -0.3 is 11.1 Å². The molecule has 1 atom stereocenters. The molecule has 0 saturated heterocycles. The van der Waals surface area contributed by atoms with Crippen LogP contribution < -0.4 is 11.1 Å². The second-order valence-corrected chi connectivity index (χ2v) is 4.76. The smallest absolute Gasteiger partial charge is 0.237 e. The van der Waals surface area contributed by atoms with Crippen molar-refractivity contribution in [3.8, 4) is 0 Å². The molecule has 1 aromatic heterocycles. The second-order valence-electron chi connectivity index (χ2n) is 4.76. The summed E-state index contributed by atoms with van der Waals surface area (Å²) >= 11 is 0. The van der Waals surface area contributed by atoms with Gasteiger partial charge in [0.05, 0.1) is 11.7 Å². The third-order valence-corrected chi connectivity index (χ3v) is 3.12. The number of rotatable bonds is 4. The van der Waals surface area contributed by atoms with Crippen LogP contribution in [0.25, 0.3) is 0 Å². The van der Waals surface area contributed by atoms with Crippen LogP contribution in [0.15, 0.2) is 0 Å². The van der Waals surface area contributed by atoms with Crippen LogP contribution >= 0.6 is 12.4 Å². The lowest BCUT2D eigenvalue weighted by molar-refractivity contribution is -0.123. The molecule has 104 valence electrons. The average Bonchev–Trinajstić information content (AvgIpc) is 2.49. The van der Waals surface area contributed by atoms with E-state index >= 15 is 0 Å². The molecule has 0 spiro atoms. The molecule has 0 aromatic carbocycles. The van der Waals surface area contributed by atoms with Gasteiger partial charge in [-0.1, -0.05) is 13.8 Å². The first-order valence-electron chi connectivity index (χ1n) is 5.87. The molecule has 1 heterocycles. The van der Waals surface area contributed by atoms with Gasteiger partial charge in [0.1, 0.15) is 0 Å². The molecule has 0 fully saturated rings. The Morgan fingerprint density at radius 1 is 1.44 bits per heavy atom. The van der Waals surface area contributed by atoms with Crippen LogP contribution in [0.4, 0.5) is 0 Å². The molecule has 0 bridgehead atoms. The van der Waals surface area contributed by atoms with Crippen molar-refractivity contribution in [2.75, 3.05) is 0 Å². The Morgan fingerprint density at radius 3 is 2.39 bits per heavy atom. The lowest BCUT2D eigenvalue weighted by Gasteiger charge is -2.15. The lowest BCUT2D eigenvalue weighted by atomic mass is 10.0. The summed E-state index contributed by atoms with van der Waals surface area (Å²) in [6.45, 7) is 8.29. The summed E-state index contributed by atoms with van der Waals surface area (Å²) in [5, 5.41) is 7.16. The minimum Gasteiger partial charge on any atom is -0.351 e. The van der Waals surface area contributed by atoms with Gasteiger partial charge in [-0.05, 0) is 19.8 Å². The molecule has 0 radical (unpaired) electrons. The van der Waals surface area contributed by atoms with Gasteiger partial charge in [-0.3, -0.25) is 9.48 Å². The Balaban J connectivity index is 0.00000289. The van der Waals surface area contributed by atoms with E-state index in [1.54, 1.807) is 0 Å². The van der Waals surface area contributed by atoms with E-state index in [4.69, 9.17) is 5.73 Å². The highest BCUT2D eigenvalue weighted by atomic mass is 35.5. The number of hydrogen-bond donors (Lipinski definition) is 2. The molecule has 0 aliphatic carbocycles. The number of carbonyl (C=O) groups excluding carboxylic acids is 1. The number of halogens is 1. The summed E-state index contributed by atoms with van der Waals surface area (Å²) in [7, 11) is 1.90. The number of aromatic nitrogens is 2. The molecule has 1 rings (SSSR count). The van der Waals surface area contributed by atoms with Crippen molar-refractivity contribution in [3.63, 3.8) is 0 Å². The third-order valence-electron chi connectivity index (χ3n) is 3.12. The monoisotopic (exact) mass is 274 g/mol. The van der Waals surface area contributed by atoms with Crippen LogP contribution in [0.2, 0.25) is 0 Å². The number of hydrogen-bond acceptors (Lipinski definition) is 3. The highest BCUT2D eigenvalue weighted by Crippen LogP contribution is 2.11. The molecule has 18 heavy (non-hydrogen) atoms. The molecular formula is C12H23ClN4O. The van der Waals surface area contributed by atoms with E-state index in [0.29, 0.717) is 6.54 Å². The van der Waals surface area contributed by atoms with Crippen molar-refractivity contribution in [3.05, 3.63) is 17.0 Å². The van der Waals surface area contributed by atoms with Gasteiger partial charge in [-0.25, -0.2) is 0 Å². The zero-order valence-corrected chi connectivity index (χ0v) is 12.5. The number of nitrogens with zero attached hydrogens (tertiary/aromatic N) is 2. The highest BCUT2D eigenvalue weighted by Gasteiger charge is 2.18. The van der Waals surface area contributed by atoms with Gasteiger partial charge in [0.25, 0.3) is 0 Å². The summed E-state index contributed by atoms with van der Waals surface area (Å²) in [4.78, 5) is 11.7. The van der Waals surface area contributed by atoms with Crippen molar-refractivity contribution in [1.82, 2.24) is 15.1 Å². The van der Waals surface area contributed by atoms with Crippen LogP contribution in [0, 0.1) is 19.8 Å². The number of nitrogens with two attached hydrogens (primary N) is 1. The molecule has 3 N–H and O–H groups in total. The highest BCUT2D eigenvalue weighted by molar-refractivity contribution is 5.85. The molecule has 0 aliphatic rings. The number of nitrogens with one attached hydrogen (secondary N) is 1. The van der Waals surface area contributed by atoms with E-state index < -0.39 is 6.04 Å². The maximum Gasteiger partial charge on any atom is 0.237 e. The zero-order chi connectivity index (χ0) is 13.2. The number of aryl methyl sites for hydroxylation is 2. The Bertz CT molecular complexity index is 414. The quantitative estimate of drug-likeness (QED) is 0.862. The normalized spacial score (nSPS) is 12.2. The molecule has 5 nitrogen and oxygen atoms in total. The van der Waals surface area contributed by atoms with Gasteiger partial charge in [-0.15, -0.1) is 12.4 Å². The summed E-state index contributed by atoms with van der Waals surface area (Å²) in [6, 6.07) is -0.452. The maximum absolute atomic E-state index is 11.7. The van der Waals surface area contributed by atoms with E-state index in [2.05, 4.69) is 10.4 Å². The Morgan fingerprint density at radius 2 is 2.00 bits per heavy atom.